The zero-order chi connectivity index (χ0) is 32.2. The normalized spacial score (nSPS) is 25.3. The van der Waals surface area contributed by atoms with Crippen molar-refractivity contribution in [2.24, 2.45) is 5.41 Å². The van der Waals surface area contributed by atoms with Gasteiger partial charge in [0.1, 0.15) is 0 Å². The number of ketones is 1. The first-order valence-corrected chi connectivity index (χ1v) is 18.0. The van der Waals surface area contributed by atoms with Crippen LogP contribution in [0, 0.1) is 12.3 Å². The van der Waals surface area contributed by atoms with E-state index in [4.69, 9.17) is 4.74 Å². The van der Waals surface area contributed by atoms with Gasteiger partial charge in [0.2, 0.25) is 5.78 Å². The van der Waals surface area contributed by atoms with Gasteiger partial charge in [-0.15, -0.1) is 22.7 Å². The molecule has 1 aromatic carbocycles. The average Bonchev–Trinajstić information content (AvgIpc) is 3.74. The third-order valence-corrected chi connectivity index (χ3v) is 12.0. The highest BCUT2D eigenvalue weighted by atomic mass is 32.1. The van der Waals surface area contributed by atoms with E-state index in [0.29, 0.717) is 55.5 Å². The maximum Gasteiger partial charge on any atom is 0.409 e. The number of aliphatic hydroxyl groups excluding tert-OH is 1. The van der Waals surface area contributed by atoms with E-state index in [1.165, 1.54) is 21.8 Å². The third-order valence-electron chi connectivity index (χ3n) is 10.1. The fourth-order valence-electron chi connectivity index (χ4n) is 7.35. The van der Waals surface area contributed by atoms with Gasteiger partial charge in [-0.3, -0.25) is 4.79 Å². The van der Waals surface area contributed by atoms with Crippen LogP contribution in [0.15, 0.2) is 59.5 Å². The molecule has 8 heteroatoms. The third kappa shape index (κ3) is 7.46. The van der Waals surface area contributed by atoms with E-state index in [2.05, 4.69) is 32.1 Å². The molecule has 45 heavy (non-hydrogen) atoms. The van der Waals surface area contributed by atoms with E-state index in [-0.39, 0.29) is 24.9 Å². The molecule has 1 amide bonds. The first-order valence-electron chi connectivity index (χ1n) is 16.3. The molecule has 0 aliphatic heterocycles. The number of thiophene rings is 2. The summed E-state index contributed by atoms with van der Waals surface area (Å²) in [5.41, 5.74) is 1.97. The second kappa shape index (κ2) is 14.3. The van der Waals surface area contributed by atoms with Crippen molar-refractivity contribution in [1.82, 2.24) is 4.90 Å². The van der Waals surface area contributed by atoms with E-state index in [0.717, 1.165) is 28.8 Å². The van der Waals surface area contributed by atoms with Gasteiger partial charge < -0.3 is 19.8 Å². The Balaban J connectivity index is 1.56. The maximum atomic E-state index is 14.1. The molecule has 242 valence electrons. The largest absolute Gasteiger partial charge is 0.450 e. The fraction of sp³-hybridized carbons (Fsp3) is 0.514. The van der Waals surface area contributed by atoms with Crippen molar-refractivity contribution in [3.8, 4) is 0 Å². The molecule has 4 atom stereocenters. The van der Waals surface area contributed by atoms with Gasteiger partial charge in [-0.25, -0.2) is 4.79 Å². The quantitative estimate of drug-likeness (QED) is 0.190. The second-order valence-electron chi connectivity index (χ2n) is 13.1. The number of fused-ring (bicyclic) bond motifs is 8. The summed E-state index contributed by atoms with van der Waals surface area (Å²) < 4.78 is 5.48. The standard InChI is InChI=1S/C37H47NO5S2/c1-5-43-35(41)38(20-17-29-9-7-21-44-29)24-37(42)19-16-32-30-14-12-27(23-31(30)34(40)33-15-11-26(3)45-33)22-28(39)13-10-25(2)8-6-18-36(32,37)4/h7-9,11-12,14-15,21,23,28,32,39,42H,5-6,10,13,16-20,22,24H2,1-4H3/t28-,32-,36-,37+/m0/s1. The number of amides is 1. The molecule has 3 aromatic rings. The lowest BCUT2D eigenvalue weighted by Gasteiger charge is -2.46. The van der Waals surface area contributed by atoms with Crippen molar-refractivity contribution >= 4 is 34.6 Å². The Kier molecular flexibility index (Phi) is 10.7. The van der Waals surface area contributed by atoms with Gasteiger partial charge in [0.15, 0.2) is 0 Å². The second-order valence-corrected chi connectivity index (χ2v) is 15.5. The Hall–Kier alpha value is -2.78. The van der Waals surface area contributed by atoms with E-state index < -0.39 is 23.2 Å². The molecule has 0 spiro atoms. The van der Waals surface area contributed by atoms with E-state index in [1.54, 1.807) is 23.2 Å². The van der Waals surface area contributed by atoms with Crippen molar-refractivity contribution in [3.05, 3.63) is 90.8 Å². The number of aliphatic hydroxyl groups is 2. The number of allylic oxidation sites excluding steroid dienone is 2. The van der Waals surface area contributed by atoms with Gasteiger partial charge in [0.05, 0.1) is 29.7 Å². The summed E-state index contributed by atoms with van der Waals surface area (Å²) in [6.45, 7) is 8.98. The Bertz CT molecular complexity index is 1510. The van der Waals surface area contributed by atoms with E-state index in [9.17, 15) is 19.8 Å². The highest BCUT2D eigenvalue weighted by Crippen LogP contribution is 2.59. The first kappa shape index (κ1) is 33.6. The zero-order valence-electron chi connectivity index (χ0n) is 27.0. The zero-order valence-corrected chi connectivity index (χ0v) is 28.6. The highest BCUT2D eigenvalue weighted by Gasteiger charge is 2.57. The van der Waals surface area contributed by atoms with Crippen LogP contribution in [0.5, 0.6) is 0 Å². The highest BCUT2D eigenvalue weighted by molar-refractivity contribution is 7.14. The Labute approximate surface area is 275 Å². The lowest BCUT2D eigenvalue weighted by atomic mass is 9.64. The van der Waals surface area contributed by atoms with Crippen molar-refractivity contribution in [2.75, 3.05) is 19.7 Å². The number of aryl methyl sites for hydroxylation is 1. The minimum atomic E-state index is -1.19. The van der Waals surface area contributed by atoms with Crippen LogP contribution >= 0.6 is 22.7 Å². The van der Waals surface area contributed by atoms with Gasteiger partial charge >= 0.3 is 6.09 Å². The topological polar surface area (TPSA) is 87.1 Å². The number of carbonyl (C=O) groups excluding carboxylic acids is 2. The summed E-state index contributed by atoms with van der Waals surface area (Å²) >= 11 is 3.16. The number of benzene rings is 1. The average molecular weight is 650 g/mol. The summed E-state index contributed by atoms with van der Waals surface area (Å²) in [7, 11) is 0. The minimum Gasteiger partial charge on any atom is -0.450 e. The van der Waals surface area contributed by atoms with Crippen LogP contribution in [0.3, 0.4) is 0 Å². The molecule has 6 nitrogen and oxygen atoms in total. The molecule has 6 rings (SSSR count). The van der Waals surface area contributed by atoms with Gasteiger partial charge in [-0.05, 0) is 119 Å². The van der Waals surface area contributed by atoms with Crippen LogP contribution < -0.4 is 0 Å². The molecule has 2 N–H and O–H groups in total. The summed E-state index contributed by atoms with van der Waals surface area (Å²) in [5.74, 6) is -0.108. The smallest absolute Gasteiger partial charge is 0.409 e. The Morgan fingerprint density at radius 3 is 2.64 bits per heavy atom. The van der Waals surface area contributed by atoms with E-state index in [1.807, 2.05) is 42.6 Å². The van der Waals surface area contributed by atoms with Gasteiger partial charge in [-0.1, -0.05) is 36.8 Å². The number of hydrogen-bond acceptors (Lipinski definition) is 7. The van der Waals surface area contributed by atoms with Crippen LogP contribution in [0.2, 0.25) is 0 Å². The van der Waals surface area contributed by atoms with Crippen molar-refractivity contribution in [3.63, 3.8) is 0 Å². The van der Waals surface area contributed by atoms with Crippen LogP contribution in [0.4, 0.5) is 4.79 Å². The Morgan fingerprint density at radius 1 is 1.11 bits per heavy atom. The van der Waals surface area contributed by atoms with Crippen LogP contribution in [-0.4, -0.2) is 58.4 Å². The predicted octanol–water partition coefficient (Wildman–Crippen LogP) is 8.09. The molecule has 2 bridgehead atoms. The van der Waals surface area contributed by atoms with Crippen molar-refractivity contribution in [1.29, 1.82) is 0 Å². The summed E-state index contributed by atoms with van der Waals surface area (Å²) in [6, 6.07) is 14.0. The summed E-state index contributed by atoms with van der Waals surface area (Å²) in [6.07, 6.45) is 6.65. The lowest BCUT2D eigenvalue weighted by Crippen LogP contribution is -2.54. The fourth-order valence-corrected chi connectivity index (χ4v) is 8.87. The number of rotatable bonds is 8. The predicted molar refractivity (Wildman–Crippen MR) is 183 cm³/mol. The number of hydrogen-bond donors (Lipinski definition) is 2. The first-order chi connectivity index (χ1) is 21.5. The molecule has 2 aromatic heterocycles. The number of ether oxygens (including phenoxy) is 1. The van der Waals surface area contributed by atoms with Gasteiger partial charge in [0, 0.05) is 27.3 Å². The SMILES string of the molecule is CCOC(=O)N(CCc1cccs1)C[C@]1(O)CC[C@H]2c3ccc(cc3C(=O)c3ccc(C)s3)C[C@@H](O)CCC(C)=CCC[C@@]21C. The minimum absolute atomic E-state index is 0.0100. The number of carbonyl (C=O) groups is 2. The van der Waals surface area contributed by atoms with Crippen LogP contribution in [0.1, 0.15) is 101 Å². The molecular weight excluding hydrogens is 603 g/mol. The van der Waals surface area contributed by atoms with Crippen molar-refractivity contribution < 1.29 is 24.5 Å². The monoisotopic (exact) mass is 649 g/mol. The molecule has 0 unspecified atom stereocenters. The molecule has 0 radical (unpaired) electrons. The van der Waals surface area contributed by atoms with Gasteiger partial charge in [-0.2, -0.15) is 0 Å². The van der Waals surface area contributed by atoms with Crippen molar-refractivity contribution in [2.45, 2.75) is 96.7 Å². The Morgan fingerprint density at radius 2 is 1.93 bits per heavy atom. The molecular formula is C37H47NO5S2. The lowest BCUT2D eigenvalue weighted by molar-refractivity contribution is -0.0807. The summed E-state index contributed by atoms with van der Waals surface area (Å²) in [4.78, 5) is 32.0. The van der Waals surface area contributed by atoms with Crippen LogP contribution in [-0.2, 0) is 17.6 Å². The maximum absolute atomic E-state index is 14.1. The van der Waals surface area contributed by atoms with E-state index >= 15 is 0 Å². The molecule has 1 fully saturated rings. The molecule has 3 aliphatic carbocycles. The van der Waals surface area contributed by atoms with Gasteiger partial charge in [0.25, 0.3) is 0 Å². The van der Waals surface area contributed by atoms with Crippen LogP contribution in [0.25, 0.3) is 0 Å². The molecule has 2 heterocycles. The number of nitrogens with zero attached hydrogens (tertiary/aromatic N) is 1. The summed E-state index contributed by atoms with van der Waals surface area (Å²) in [5, 5.41) is 25.6. The molecule has 1 saturated carbocycles. The molecule has 0 saturated heterocycles. The molecule has 3 aliphatic rings.